The summed E-state index contributed by atoms with van der Waals surface area (Å²) in [5.41, 5.74) is -0.955. The first-order chi connectivity index (χ1) is 8.27. The summed E-state index contributed by atoms with van der Waals surface area (Å²) >= 11 is 2.97. The Kier molecular flexibility index (Phi) is 4.78. The third kappa shape index (κ3) is 3.48. The summed E-state index contributed by atoms with van der Waals surface area (Å²) in [4.78, 5) is 10.2. The molecule has 0 saturated carbocycles. The van der Waals surface area contributed by atoms with Gasteiger partial charge in [-0.2, -0.15) is 13.2 Å². The molecule has 0 saturated heterocycles. The maximum atomic E-state index is 12.8. The van der Waals surface area contributed by atoms with E-state index >= 15 is 0 Å². The molecule has 1 unspecified atom stereocenters. The fourth-order valence-electron chi connectivity index (χ4n) is 1.48. The smallest absolute Gasteiger partial charge is 0.416 e. The number of halogens is 4. The zero-order valence-corrected chi connectivity index (χ0v) is 11.4. The summed E-state index contributed by atoms with van der Waals surface area (Å²) < 4.78 is 43.6. The first-order valence-corrected chi connectivity index (χ1v) is 6.17. The lowest BCUT2D eigenvalue weighted by Crippen LogP contribution is -2.13. The Bertz CT molecular complexity index is 443. The van der Waals surface area contributed by atoms with Crippen molar-refractivity contribution in [3.05, 3.63) is 29.3 Å². The van der Waals surface area contributed by atoms with Gasteiger partial charge in [-0.05, 0) is 37.6 Å². The fourth-order valence-corrected chi connectivity index (χ4v) is 1.86. The Morgan fingerprint density at radius 3 is 2.50 bits per heavy atom. The van der Waals surface area contributed by atoms with Crippen LogP contribution in [0.1, 0.15) is 29.8 Å². The number of alkyl halides is 4. The first kappa shape index (κ1) is 15.0. The normalized spacial score (nSPS) is 13.2. The van der Waals surface area contributed by atoms with Gasteiger partial charge in [0.1, 0.15) is 11.5 Å². The summed E-state index contributed by atoms with van der Waals surface area (Å²) in [6.07, 6.45) is -4.50. The van der Waals surface area contributed by atoms with Crippen molar-refractivity contribution < 1.29 is 22.7 Å². The highest BCUT2D eigenvalue weighted by Crippen LogP contribution is 2.39. The number of Topliss-reactive ketones (excluding diaryl/α,β-unsaturated/α-hetero) is 1. The average Bonchev–Trinajstić information content (AvgIpc) is 2.26. The lowest BCUT2D eigenvalue weighted by Gasteiger charge is -2.17. The minimum Gasteiger partial charge on any atom is -0.494 e. The van der Waals surface area contributed by atoms with Crippen LogP contribution in [-0.4, -0.2) is 12.4 Å². The number of rotatable bonds is 4. The van der Waals surface area contributed by atoms with Crippen molar-refractivity contribution in [2.24, 2.45) is 0 Å². The van der Waals surface area contributed by atoms with Crippen LogP contribution in [0.15, 0.2) is 18.2 Å². The molecule has 0 aliphatic carbocycles. The molecule has 1 aromatic carbocycles. The first-order valence-electron chi connectivity index (χ1n) is 5.25. The highest BCUT2D eigenvalue weighted by Gasteiger charge is 2.35. The van der Waals surface area contributed by atoms with Crippen LogP contribution in [-0.2, 0) is 11.0 Å². The molecule has 0 amide bonds. The standard InChI is InChI=1S/C12H12BrF3O2/c1-3-18-8-4-5-10(12(14,15)16)9(6-8)11(13)7(2)17/h4-6,11H,3H2,1-2H3. The number of ketones is 1. The van der Waals surface area contributed by atoms with E-state index in [0.29, 0.717) is 12.4 Å². The van der Waals surface area contributed by atoms with Crippen LogP contribution in [0.4, 0.5) is 13.2 Å². The predicted octanol–water partition coefficient (Wildman–Crippen LogP) is 4.13. The Morgan fingerprint density at radius 2 is 2.06 bits per heavy atom. The van der Waals surface area contributed by atoms with Gasteiger partial charge in [-0.1, -0.05) is 15.9 Å². The van der Waals surface area contributed by atoms with E-state index < -0.39 is 22.4 Å². The van der Waals surface area contributed by atoms with Crippen LogP contribution in [0.2, 0.25) is 0 Å². The van der Waals surface area contributed by atoms with E-state index in [2.05, 4.69) is 15.9 Å². The largest absolute Gasteiger partial charge is 0.494 e. The van der Waals surface area contributed by atoms with Crippen molar-refractivity contribution >= 4 is 21.7 Å². The highest BCUT2D eigenvalue weighted by atomic mass is 79.9. The van der Waals surface area contributed by atoms with Crippen LogP contribution < -0.4 is 4.74 Å². The molecule has 0 aromatic heterocycles. The Labute approximate surface area is 111 Å². The molecule has 6 heteroatoms. The van der Waals surface area contributed by atoms with Gasteiger partial charge in [0, 0.05) is 0 Å². The van der Waals surface area contributed by atoms with Crippen molar-refractivity contribution in [1.29, 1.82) is 0 Å². The quantitative estimate of drug-likeness (QED) is 0.778. The monoisotopic (exact) mass is 324 g/mol. The fraction of sp³-hybridized carbons (Fsp3) is 0.417. The molecule has 0 radical (unpaired) electrons. The van der Waals surface area contributed by atoms with Gasteiger partial charge in [0.25, 0.3) is 0 Å². The van der Waals surface area contributed by atoms with E-state index in [1.807, 2.05) is 0 Å². The second kappa shape index (κ2) is 5.73. The minimum absolute atomic E-state index is 0.124. The van der Waals surface area contributed by atoms with Crippen LogP contribution in [0.5, 0.6) is 5.75 Å². The molecule has 1 rings (SSSR count). The maximum Gasteiger partial charge on any atom is 0.416 e. The molecule has 0 fully saturated rings. The van der Waals surface area contributed by atoms with Crippen molar-refractivity contribution in [3.8, 4) is 5.75 Å². The number of hydrogen-bond donors (Lipinski definition) is 0. The SMILES string of the molecule is CCOc1ccc(C(F)(F)F)c(C(Br)C(C)=O)c1. The number of benzene rings is 1. The number of carbonyl (C=O) groups excluding carboxylic acids is 1. The predicted molar refractivity (Wildman–Crippen MR) is 65.0 cm³/mol. The van der Waals surface area contributed by atoms with Gasteiger partial charge in [-0.15, -0.1) is 0 Å². The summed E-state index contributed by atoms with van der Waals surface area (Å²) in [7, 11) is 0. The van der Waals surface area contributed by atoms with E-state index in [1.54, 1.807) is 6.92 Å². The number of carbonyl (C=O) groups is 1. The average molecular weight is 325 g/mol. The zero-order valence-electron chi connectivity index (χ0n) is 9.84. The Hall–Kier alpha value is -1.04. The van der Waals surface area contributed by atoms with E-state index in [9.17, 15) is 18.0 Å². The molecule has 0 bridgehead atoms. The highest BCUT2D eigenvalue weighted by molar-refractivity contribution is 9.09. The van der Waals surface area contributed by atoms with Gasteiger partial charge < -0.3 is 4.74 Å². The molecule has 18 heavy (non-hydrogen) atoms. The molecule has 0 heterocycles. The summed E-state index contributed by atoms with van der Waals surface area (Å²) in [6, 6.07) is 3.42. The third-order valence-corrected chi connectivity index (χ3v) is 3.41. The molecular weight excluding hydrogens is 313 g/mol. The lowest BCUT2D eigenvalue weighted by atomic mass is 10.0. The van der Waals surface area contributed by atoms with E-state index in [-0.39, 0.29) is 5.56 Å². The summed E-state index contributed by atoms with van der Waals surface area (Å²) in [5.74, 6) is -0.0830. The van der Waals surface area contributed by atoms with Crippen LogP contribution in [0.3, 0.4) is 0 Å². The van der Waals surface area contributed by atoms with Gasteiger partial charge in [0.05, 0.1) is 17.0 Å². The Morgan fingerprint density at radius 1 is 1.44 bits per heavy atom. The maximum absolute atomic E-state index is 12.8. The van der Waals surface area contributed by atoms with Crippen molar-refractivity contribution in [2.75, 3.05) is 6.61 Å². The van der Waals surface area contributed by atoms with Gasteiger partial charge in [-0.3, -0.25) is 4.79 Å². The second-order valence-electron chi connectivity index (χ2n) is 3.65. The summed E-state index contributed by atoms with van der Waals surface area (Å²) in [6.45, 7) is 3.30. The van der Waals surface area contributed by atoms with Gasteiger partial charge in [0.2, 0.25) is 0 Å². The Balaban J connectivity index is 3.31. The van der Waals surface area contributed by atoms with Crippen LogP contribution >= 0.6 is 15.9 Å². The molecular formula is C12H12BrF3O2. The van der Waals surface area contributed by atoms with Crippen molar-refractivity contribution in [3.63, 3.8) is 0 Å². The van der Waals surface area contributed by atoms with E-state index in [1.165, 1.54) is 19.1 Å². The molecule has 1 aromatic rings. The van der Waals surface area contributed by atoms with Crippen molar-refractivity contribution in [2.45, 2.75) is 24.9 Å². The molecule has 2 nitrogen and oxygen atoms in total. The molecule has 0 spiro atoms. The number of ether oxygens (including phenoxy) is 1. The van der Waals surface area contributed by atoms with Gasteiger partial charge >= 0.3 is 6.18 Å². The topological polar surface area (TPSA) is 26.3 Å². The molecule has 100 valence electrons. The van der Waals surface area contributed by atoms with E-state index in [0.717, 1.165) is 6.07 Å². The number of hydrogen-bond acceptors (Lipinski definition) is 2. The van der Waals surface area contributed by atoms with Gasteiger partial charge in [0.15, 0.2) is 0 Å². The summed E-state index contributed by atoms with van der Waals surface area (Å²) in [5, 5.41) is 0. The molecule has 0 aliphatic rings. The second-order valence-corrected chi connectivity index (χ2v) is 4.57. The van der Waals surface area contributed by atoms with Crippen LogP contribution in [0, 0.1) is 0 Å². The molecule has 1 atom stereocenters. The lowest BCUT2D eigenvalue weighted by molar-refractivity contribution is -0.138. The molecule has 0 N–H and O–H groups in total. The molecule has 0 aliphatic heterocycles. The third-order valence-electron chi connectivity index (χ3n) is 2.27. The zero-order chi connectivity index (χ0) is 13.9. The van der Waals surface area contributed by atoms with Crippen molar-refractivity contribution in [1.82, 2.24) is 0 Å². The van der Waals surface area contributed by atoms with E-state index in [4.69, 9.17) is 4.74 Å². The van der Waals surface area contributed by atoms with Crippen LogP contribution in [0.25, 0.3) is 0 Å². The minimum atomic E-state index is -4.50. The van der Waals surface area contributed by atoms with Gasteiger partial charge in [-0.25, -0.2) is 0 Å².